The summed E-state index contributed by atoms with van der Waals surface area (Å²) in [6.45, 7) is 2.02. The van der Waals surface area contributed by atoms with E-state index < -0.39 is 0 Å². The van der Waals surface area contributed by atoms with Crippen LogP contribution in [0, 0.1) is 6.92 Å². The van der Waals surface area contributed by atoms with Crippen LogP contribution >= 0.6 is 27.5 Å². The number of fused-ring (bicyclic) bond motifs is 1. The molecule has 0 aliphatic rings. The lowest BCUT2D eigenvalue weighted by molar-refractivity contribution is 1.10. The van der Waals surface area contributed by atoms with Crippen LogP contribution in [-0.2, 0) is 0 Å². The van der Waals surface area contributed by atoms with Crippen molar-refractivity contribution in [2.24, 2.45) is 0 Å². The van der Waals surface area contributed by atoms with Crippen LogP contribution in [0.4, 0.5) is 5.95 Å². The maximum absolute atomic E-state index is 6.14. The van der Waals surface area contributed by atoms with Crippen LogP contribution in [0.1, 0.15) is 5.56 Å². The first-order valence-corrected chi connectivity index (χ1v) is 6.94. The molecule has 3 rings (SSSR count). The van der Waals surface area contributed by atoms with Crippen molar-refractivity contribution in [2.45, 2.75) is 6.92 Å². The van der Waals surface area contributed by atoms with Gasteiger partial charge in [0.25, 0.3) is 0 Å². The van der Waals surface area contributed by atoms with E-state index in [1.165, 1.54) is 0 Å². The maximum Gasteiger partial charge on any atom is 0.205 e. The molecular formula is C14H11BrClN3. The van der Waals surface area contributed by atoms with E-state index in [-0.39, 0.29) is 0 Å². The molecular weight excluding hydrogens is 326 g/mol. The van der Waals surface area contributed by atoms with Crippen LogP contribution < -0.4 is 5.73 Å². The number of hydrogen-bond donors (Lipinski definition) is 1. The van der Waals surface area contributed by atoms with Crippen LogP contribution in [-0.4, -0.2) is 9.55 Å². The van der Waals surface area contributed by atoms with Gasteiger partial charge in [0.2, 0.25) is 5.95 Å². The number of anilines is 1. The zero-order chi connectivity index (χ0) is 13.6. The van der Waals surface area contributed by atoms with Gasteiger partial charge in [-0.15, -0.1) is 0 Å². The van der Waals surface area contributed by atoms with Gasteiger partial charge in [0.15, 0.2) is 0 Å². The first-order valence-electron chi connectivity index (χ1n) is 5.77. The molecule has 0 amide bonds. The van der Waals surface area contributed by atoms with Gasteiger partial charge in [-0.1, -0.05) is 29.8 Å². The Labute approximate surface area is 124 Å². The number of aromatic nitrogens is 2. The summed E-state index contributed by atoms with van der Waals surface area (Å²) >= 11 is 9.65. The molecule has 0 bridgehead atoms. The smallest absolute Gasteiger partial charge is 0.205 e. The second-order valence-corrected chi connectivity index (χ2v) is 5.52. The van der Waals surface area contributed by atoms with E-state index in [0.29, 0.717) is 11.0 Å². The third-order valence-electron chi connectivity index (χ3n) is 3.08. The molecule has 0 aliphatic heterocycles. The van der Waals surface area contributed by atoms with E-state index in [1.807, 2.05) is 47.9 Å². The first-order chi connectivity index (χ1) is 9.09. The molecule has 0 saturated carbocycles. The fourth-order valence-electron chi connectivity index (χ4n) is 2.18. The molecule has 0 unspecified atom stereocenters. The van der Waals surface area contributed by atoms with Gasteiger partial charge in [-0.2, -0.15) is 0 Å². The molecule has 0 spiro atoms. The number of imidazole rings is 1. The number of hydrogen-bond acceptors (Lipinski definition) is 2. The van der Waals surface area contributed by atoms with Crippen LogP contribution in [0.2, 0.25) is 5.02 Å². The minimum absolute atomic E-state index is 0.451. The van der Waals surface area contributed by atoms with Crippen molar-refractivity contribution in [3.8, 4) is 5.69 Å². The van der Waals surface area contributed by atoms with Gasteiger partial charge >= 0.3 is 0 Å². The van der Waals surface area contributed by atoms with Gasteiger partial charge in [0.1, 0.15) is 0 Å². The highest BCUT2D eigenvalue weighted by molar-refractivity contribution is 9.10. The van der Waals surface area contributed by atoms with Gasteiger partial charge in [0, 0.05) is 0 Å². The Morgan fingerprint density at radius 2 is 1.95 bits per heavy atom. The Morgan fingerprint density at radius 1 is 1.21 bits per heavy atom. The van der Waals surface area contributed by atoms with Crippen molar-refractivity contribution in [1.82, 2.24) is 9.55 Å². The fraction of sp³-hybridized carbons (Fsp3) is 0.0714. The third kappa shape index (κ3) is 1.91. The Morgan fingerprint density at radius 3 is 2.74 bits per heavy atom. The Hall–Kier alpha value is -1.52. The minimum Gasteiger partial charge on any atom is -0.369 e. The normalized spacial score (nSPS) is 11.1. The predicted octanol–water partition coefficient (Wildman–Crippen LogP) is 4.33. The lowest BCUT2D eigenvalue weighted by Crippen LogP contribution is -2.01. The summed E-state index contributed by atoms with van der Waals surface area (Å²) in [4.78, 5) is 4.44. The van der Waals surface area contributed by atoms with Gasteiger partial charge in [-0.3, -0.25) is 4.57 Å². The standard InChI is InChI=1S/C14H11BrClN3/c1-8-4-2-7-11-13(8)18-14(17)19(11)10-6-3-5-9(16)12(10)15/h2-7H,1H3,(H2,17,18). The molecule has 0 aliphatic carbocycles. The molecule has 5 heteroatoms. The van der Waals surface area contributed by atoms with Gasteiger partial charge < -0.3 is 5.73 Å². The Balaban J connectivity index is 2.40. The maximum atomic E-state index is 6.14. The third-order valence-corrected chi connectivity index (χ3v) is 4.46. The quantitative estimate of drug-likeness (QED) is 0.718. The topological polar surface area (TPSA) is 43.8 Å². The lowest BCUT2D eigenvalue weighted by atomic mass is 10.2. The van der Waals surface area contributed by atoms with E-state index in [9.17, 15) is 0 Å². The van der Waals surface area contributed by atoms with E-state index in [2.05, 4.69) is 20.9 Å². The van der Waals surface area contributed by atoms with E-state index in [1.54, 1.807) is 0 Å². The molecule has 96 valence electrons. The van der Waals surface area contributed by atoms with E-state index >= 15 is 0 Å². The number of halogens is 2. The van der Waals surface area contributed by atoms with Crippen molar-refractivity contribution in [3.63, 3.8) is 0 Å². The molecule has 0 fully saturated rings. The lowest BCUT2D eigenvalue weighted by Gasteiger charge is -2.10. The summed E-state index contributed by atoms with van der Waals surface area (Å²) in [5, 5.41) is 0.645. The zero-order valence-electron chi connectivity index (χ0n) is 10.2. The number of benzene rings is 2. The molecule has 3 aromatic rings. The van der Waals surface area contributed by atoms with Crippen molar-refractivity contribution >= 4 is 44.5 Å². The van der Waals surface area contributed by atoms with Crippen LogP contribution in [0.5, 0.6) is 0 Å². The SMILES string of the molecule is Cc1cccc2c1nc(N)n2-c1cccc(Cl)c1Br. The molecule has 1 aromatic heterocycles. The monoisotopic (exact) mass is 335 g/mol. The predicted molar refractivity (Wildman–Crippen MR) is 82.9 cm³/mol. The van der Waals surface area contributed by atoms with Crippen LogP contribution in [0.25, 0.3) is 16.7 Å². The van der Waals surface area contributed by atoms with Gasteiger partial charge in [-0.25, -0.2) is 4.98 Å². The van der Waals surface area contributed by atoms with E-state index in [4.69, 9.17) is 17.3 Å². The first kappa shape index (κ1) is 12.5. The average molecular weight is 337 g/mol. The second-order valence-electron chi connectivity index (χ2n) is 4.32. The molecule has 1 heterocycles. The van der Waals surface area contributed by atoms with Gasteiger partial charge in [-0.05, 0) is 46.6 Å². The number of aryl methyl sites for hydroxylation is 1. The van der Waals surface area contributed by atoms with Crippen molar-refractivity contribution in [1.29, 1.82) is 0 Å². The number of nitrogen functional groups attached to an aromatic ring is 1. The summed E-state index contributed by atoms with van der Waals surface area (Å²) < 4.78 is 2.71. The molecule has 2 N–H and O–H groups in total. The zero-order valence-corrected chi connectivity index (χ0v) is 12.5. The largest absolute Gasteiger partial charge is 0.369 e. The number of nitrogens with two attached hydrogens (primary N) is 1. The number of para-hydroxylation sites is 1. The summed E-state index contributed by atoms with van der Waals surface area (Å²) in [7, 11) is 0. The fourth-order valence-corrected chi connectivity index (χ4v) is 2.79. The second kappa shape index (κ2) is 4.54. The molecule has 0 atom stereocenters. The van der Waals surface area contributed by atoms with Crippen LogP contribution in [0.3, 0.4) is 0 Å². The number of rotatable bonds is 1. The Kier molecular flexibility index (Phi) is 2.99. The van der Waals surface area contributed by atoms with Crippen molar-refractivity contribution in [3.05, 3.63) is 51.5 Å². The summed E-state index contributed by atoms with van der Waals surface area (Å²) in [6, 6.07) is 11.7. The molecule has 0 radical (unpaired) electrons. The van der Waals surface area contributed by atoms with Crippen molar-refractivity contribution in [2.75, 3.05) is 5.73 Å². The highest BCUT2D eigenvalue weighted by atomic mass is 79.9. The highest BCUT2D eigenvalue weighted by Crippen LogP contribution is 2.33. The summed E-state index contributed by atoms with van der Waals surface area (Å²) in [5.41, 5.74) is 9.93. The van der Waals surface area contributed by atoms with Crippen LogP contribution in [0.15, 0.2) is 40.9 Å². The Bertz CT molecular complexity index is 780. The highest BCUT2D eigenvalue weighted by Gasteiger charge is 2.14. The number of nitrogens with zero attached hydrogens (tertiary/aromatic N) is 2. The van der Waals surface area contributed by atoms with E-state index in [0.717, 1.165) is 26.8 Å². The molecule has 0 saturated heterocycles. The molecule has 2 aromatic carbocycles. The summed E-state index contributed by atoms with van der Waals surface area (Å²) in [6.07, 6.45) is 0. The molecule has 3 nitrogen and oxygen atoms in total. The van der Waals surface area contributed by atoms with Crippen molar-refractivity contribution < 1.29 is 0 Å². The summed E-state index contributed by atoms with van der Waals surface area (Å²) in [5.74, 6) is 0.451. The minimum atomic E-state index is 0.451. The average Bonchev–Trinajstić information content (AvgIpc) is 2.71. The molecule has 19 heavy (non-hydrogen) atoms. The van der Waals surface area contributed by atoms with Gasteiger partial charge in [0.05, 0.1) is 26.2 Å².